The van der Waals surface area contributed by atoms with Crippen molar-refractivity contribution in [3.05, 3.63) is 81.0 Å². The highest BCUT2D eigenvalue weighted by Gasteiger charge is 2.26. The number of nitrogens with zero attached hydrogens (tertiary/aromatic N) is 5. The van der Waals surface area contributed by atoms with Crippen molar-refractivity contribution in [1.82, 2.24) is 24.0 Å². The number of anilines is 2. The zero-order chi connectivity index (χ0) is 27.4. The molecule has 2 aromatic heterocycles. The van der Waals surface area contributed by atoms with E-state index in [2.05, 4.69) is 27.4 Å². The molecule has 1 amide bonds. The summed E-state index contributed by atoms with van der Waals surface area (Å²) < 4.78 is 4.23. The SMILES string of the molecule is CC#CCn1c(N2CCNCC2)nc2c1c(=O)n(-c1ccccc1CC)c(=O)n2CC(=O)Nc1ccccc1. The first-order valence-electron chi connectivity index (χ1n) is 13.1. The van der Waals surface area contributed by atoms with Gasteiger partial charge in [-0.1, -0.05) is 49.2 Å². The van der Waals surface area contributed by atoms with Crippen LogP contribution in [0.5, 0.6) is 0 Å². The van der Waals surface area contributed by atoms with Gasteiger partial charge in [0, 0.05) is 31.9 Å². The van der Waals surface area contributed by atoms with E-state index in [0.717, 1.165) is 23.2 Å². The van der Waals surface area contributed by atoms with Crippen molar-refractivity contribution in [3.63, 3.8) is 0 Å². The summed E-state index contributed by atoms with van der Waals surface area (Å²) in [5.41, 5.74) is 1.26. The van der Waals surface area contributed by atoms with E-state index in [9.17, 15) is 14.4 Å². The zero-order valence-electron chi connectivity index (χ0n) is 22.1. The third-order valence-corrected chi connectivity index (χ3v) is 6.80. The molecule has 0 aliphatic carbocycles. The molecule has 0 radical (unpaired) electrons. The van der Waals surface area contributed by atoms with Crippen LogP contribution < -0.4 is 26.8 Å². The Morgan fingerprint density at radius 3 is 2.46 bits per heavy atom. The van der Waals surface area contributed by atoms with Crippen LogP contribution in [0.2, 0.25) is 0 Å². The average Bonchev–Trinajstić information content (AvgIpc) is 3.35. The molecule has 0 saturated carbocycles. The molecule has 39 heavy (non-hydrogen) atoms. The molecule has 0 unspecified atom stereocenters. The molecule has 1 saturated heterocycles. The highest BCUT2D eigenvalue weighted by atomic mass is 16.2. The average molecular weight is 526 g/mol. The minimum absolute atomic E-state index is 0.171. The molecule has 0 bridgehead atoms. The number of aromatic nitrogens is 4. The number of hydrogen-bond donors (Lipinski definition) is 2. The number of imidazole rings is 1. The summed E-state index contributed by atoms with van der Waals surface area (Å²) >= 11 is 0. The first-order valence-corrected chi connectivity index (χ1v) is 13.1. The zero-order valence-corrected chi connectivity index (χ0v) is 22.1. The van der Waals surface area contributed by atoms with E-state index < -0.39 is 17.2 Å². The van der Waals surface area contributed by atoms with Crippen LogP contribution in [0.25, 0.3) is 16.9 Å². The number of hydrogen-bond acceptors (Lipinski definition) is 6. The minimum Gasteiger partial charge on any atom is -0.340 e. The summed E-state index contributed by atoms with van der Waals surface area (Å²) in [4.78, 5) is 48.2. The highest BCUT2D eigenvalue weighted by Crippen LogP contribution is 2.22. The Hall–Kier alpha value is -4.62. The fourth-order valence-corrected chi connectivity index (χ4v) is 4.89. The lowest BCUT2D eigenvalue weighted by Crippen LogP contribution is -2.44. The predicted octanol–water partition coefficient (Wildman–Crippen LogP) is 1.98. The second-order valence-corrected chi connectivity index (χ2v) is 9.24. The number of nitrogens with one attached hydrogen (secondary N) is 2. The summed E-state index contributed by atoms with van der Waals surface area (Å²) in [7, 11) is 0. The van der Waals surface area contributed by atoms with Gasteiger partial charge in [0.2, 0.25) is 11.9 Å². The Balaban J connectivity index is 1.77. The fourth-order valence-electron chi connectivity index (χ4n) is 4.89. The third kappa shape index (κ3) is 5.09. The quantitative estimate of drug-likeness (QED) is 0.358. The van der Waals surface area contributed by atoms with Crippen LogP contribution in [0.1, 0.15) is 19.4 Å². The van der Waals surface area contributed by atoms with Crippen LogP contribution in [0.4, 0.5) is 11.6 Å². The molecule has 5 rings (SSSR count). The number of piperazine rings is 1. The second-order valence-electron chi connectivity index (χ2n) is 9.24. The highest BCUT2D eigenvalue weighted by molar-refractivity contribution is 5.91. The Morgan fingerprint density at radius 2 is 1.74 bits per heavy atom. The van der Waals surface area contributed by atoms with Crippen LogP contribution in [0.15, 0.2) is 64.2 Å². The van der Waals surface area contributed by atoms with Gasteiger partial charge in [0.15, 0.2) is 11.2 Å². The lowest BCUT2D eigenvalue weighted by Gasteiger charge is -2.28. The lowest BCUT2D eigenvalue weighted by molar-refractivity contribution is -0.116. The van der Waals surface area contributed by atoms with E-state index in [1.54, 1.807) is 35.8 Å². The Labute approximate surface area is 225 Å². The summed E-state index contributed by atoms with van der Waals surface area (Å²) in [5, 5.41) is 6.16. The first-order chi connectivity index (χ1) is 19.0. The van der Waals surface area contributed by atoms with Gasteiger partial charge >= 0.3 is 5.69 Å². The topological polar surface area (TPSA) is 106 Å². The molecule has 0 atom stereocenters. The molecule has 10 nitrogen and oxygen atoms in total. The molecule has 1 aliphatic heterocycles. The molecule has 1 fully saturated rings. The normalized spacial score (nSPS) is 13.2. The van der Waals surface area contributed by atoms with Crippen molar-refractivity contribution in [3.8, 4) is 17.5 Å². The van der Waals surface area contributed by atoms with Crippen LogP contribution in [0.3, 0.4) is 0 Å². The monoisotopic (exact) mass is 525 g/mol. The lowest BCUT2D eigenvalue weighted by atomic mass is 10.1. The standard InChI is InChI=1S/C29H31N7O3/c1-3-5-17-34-25-26(32-28(34)33-18-15-30-16-19-33)35(20-24(37)31-22-12-7-6-8-13-22)29(39)36(27(25)38)23-14-10-9-11-21(23)4-2/h6-14,30H,4,15-20H2,1-2H3,(H,31,37). The molecule has 2 N–H and O–H groups in total. The van der Waals surface area contributed by atoms with E-state index >= 15 is 0 Å². The number of amides is 1. The number of carbonyl (C=O) groups is 1. The predicted molar refractivity (Wildman–Crippen MR) is 153 cm³/mol. The van der Waals surface area contributed by atoms with Gasteiger partial charge in [-0.3, -0.25) is 18.7 Å². The first kappa shape index (κ1) is 26.0. The molecule has 10 heteroatoms. The van der Waals surface area contributed by atoms with E-state index in [1.165, 1.54) is 4.57 Å². The minimum atomic E-state index is -0.616. The Bertz CT molecular complexity index is 1680. The summed E-state index contributed by atoms with van der Waals surface area (Å²) in [5.74, 6) is 6.12. The molecule has 3 heterocycles. The van der Waals surface area contributed by atoms with Crippen LogP contribution >= 0.6 is 0 Å². The van der Waals surface area contributed by atoms with Crippen molar-refractivity contribution in [2.24, 2.45) is 0 Å². The molecular weight excluding hydrogens is 494 g/mol. The smallest absolute Gasteiger partial charge is 0.337 e. The molecule has 200 valence electrons. The van der Waals surface area contributed by atoms with E-state index in [4.69, 9.17) is 4.98 Å². The molecular formula is C29H31N7O3. The van der Waals surface area contributed by atoms with E-state index in [-0.39, 0.29) is 24.3 Å². The Morgan fingerprint density at radius 1 is 1.03 bits per heavy atom. The maximum absolute atomic E-state index is 14.1. The van der Waals surface area contributed by atoms with E-state index in [1.807, 2.05) is 37.3 Å². The molecule has 0 spiro atoms. The van der Waals surface area contributed by atoms with Gasteiger partial charge in [0.25, 0.3) is 5.56 Å². The summed E-state index contributed by atoms with van der Waals surface area (Å²) in [6.07, 6.45) is 0.626. The van der Waals surface area contributed by atoms with Crippen LogP contribution in [0, 0.1) is 11.8 Å². The number of para-hydroxylation sites is 2. The van der Waals surface area contributed by atoms with Crippen molar-refractivity contribution in [2.45, 2.75) is 33.4 Å². The van der Waals surface area contributed by atoms with E-state index in [0.29, 0.717) is 36.8 Å². The second kappa shape index (κ2) is 11.4. The number of carbonyl (C=O) groups excluding carboxylic acids is 1. The van der Waals surface area contributed by atoms with Gasteiger partial charge in [0.1, 0.15) is 6.54 Å². The number of fused-ring (bicyclic) bond motifs is 1. The Kier molecular flexibility index (Phi) is 7.61. The summed E-state index contributed by atoms with van der Waals surface area (Å²) in [6, 6.07) is 16.4. The molecule has 2 aromatic carbocycles. The largest absolute Gasteiger partial charge is 0.340 e. The molecule has 1 aliphatic rings. The van der Waals surface area contributed by atoms with Crippen LogP contribution in [-0.4, -0.2) is 50.8 Å². The number of benzene rings is 2. The maximum atomic E-state index is 14.1. The molecule has 4 aromatic rings. The van der Waals surface area contributed by atoms with Gasteiger partial charge < -0.3 is 15.5 Å². The van der Waals surface area contributed by atoms with Crippen molar-refractivity contribution in [2.75, 3.05) is 36.4 Å². The van der Waals surface area contributed by atoms with Gasteiger partial charge in [-0.05, 0) is 37.1 Å². The van der Waals surface area contributed by atoms with Crippen molar-refractivity contribution in [1.29, 1.82) is 0 Å². The fraction of sp³-hybridized carbons (Fsp3) is 0.310. The van der Waals surface area contributed by atoms with Crippen LogP contribution in [-0.2, 0) is 24.3 Å². The summed E-state index contributed by atoms with van der Waals surface area (Å²) in [6.45, 7) is 6.54. The van der Waals surface area contributed by atoms with Gasteiger partial charge in [-0.2, -0.15) is 4.98 Å². The number of aryl methyl sites for hydroxylation is 1. The van der Waals surface area contributed by atoms with Gasteiger partial charge in [-0.15, -0.1) is 5.92 Å². The van der Waals surface area contributed by atoms with Crippen molar-refractivity contribution >= 4 is 28.7 Å². The van der Waals surface area contributed by atoms with Gasteiger partial charge in [-0.25, -0.2) is 9.36 Å². The van der Waals surface area contributed by atoms with Crippen molar-refractivity contribution < 1.29 is 4.79 Å². The third-order valence-electron chi connectivity index (χ3n) is 6.80. The van der Waals surface area contributed by atoms with Gasteiger partial charge in [0.05, 0.1) is 12.2 Å². The maximum Gasteiger partial charge on any atom is 0.337 e. The number of rotatable bonds is 7.